The Balaban J connectivity index is 1.64. The molecule has 2 fully saturated rings. The largest absolute Gasteiger partial charge is 0.493 e. The highest BCUT2D eigenvalue weighted by atomic mass is 16.5. The Morgan fingerprint density at radius 3 is 2.70 bits per heavy atom. The van der Waals surface area contributed by atoms with Gasteiger partial charge >= 0.3 is 0 Å². The van der Waals surface area contributed by atoms with Gasteiger partial charge in [-0.05, 0) is 49.7 Å². The molecule has 2 aliphatic rings. The number of hydrogen-bond acceptors (Lipinski definition) is 4. The van der Waals surface area contributed by atoms with Crippen molar-refractivity contribution in [2.24, 2.45) is 0 Å². The molecule has 0 radical (unpaired) electrons. The number of carbonyl (C=O) groups excluding carboxylic acids is 1. The Morgan fingerprint density at radius 1 is 1.11 bits per heavy atom. The van der Waals surface area contributed by atoms with Crippen LogP contribution >= 0.6 is 0 Å². The van der Waals surface area contributed by atoms with Gasteiger partial charge in [0.2, 0.25) is 0 Å². The molecule has 0 aromatic heterocycles. The van der Waals surface area contributed by atoms with Gasteiger partial charge in [0, 0.05) is 24.3 Å². The first-order valence-electron chi connectivity index (χ1n) is 9.69. The number of fused-ring (bicyclic) bond motifs is 1. The van der Waals surface area contributed by atoms with Gasteiger partial charge in [-0.15, -0.1) is 0 Å². The van der Waals surface area contributed by atoms with Crippen molar-refractivity contribution in [1.82, 2.24) is 4.90 Å². The number of likely N-dealkylation sites (N-methyl/N-ethyl adjacent to an activating group) is 1. The van der Waals surface area contributed by atoms with Crippen LogP contribution in [0.5, 0.6) is 11.5 Å². The second kappa shape index (κ2) is 7.35. The molecule has 0 unspecified atom stereocenters. The van der Waals surface area contributed by atoms with Crippen LogP contribution in [0.2, 0.25) is 0 Å². The molecule has 2 atom stereocenters. The fraction of sp³-hybridized carbons (Fsp3) is 0.435. The Labute approximate surface area is 161 Å². The van der Waals surface area contributed by atoms with E-state index >= 15 is 0 Å². The number of methoxy groups -OCH3 is 1. The first-order chi connectivity index (χ1) is 13.1. The molecule has 142 valence electrons. The van der Waals surface area contributed by atoms with Crippen molar-refractivity contribution >= 4 is 5.78 Å². The molecule has 1 saturated carbocycles. The van der Waals surface area contributed by atoms with Gasteiger partial charge in [0.15, 0.2) is 11.5 Å². The smallest absolute Gasteiger partial charge is 0.161 e. The third kappa shape index (κ3) is 3.34. The number of carbonyl (C=O) groups is 1. The van der Waals surface area contributed by atoms with E-state index in [9.17, 15) is 4.79 Å². The van der Waals surface area contributed by atoms with Crippen molar-refractivity contribution in [1.29, 1.82) is 0 Å². The zero-order chi connectivity index (χ0) is 18.9. The van der Waals surface area contributed by atoms with Gasteiger partial charge in [0.1, 0.15) is 12.4 Å². The summed E-state index contributed by atoms with van der Waals surface area (Å²) in [4.78, 5) is 14.4. The minimum atomic E-state index is 0.0415. The minimum absolute atomic E-state index is 0.0415. The summed E-state index contributed by atoms with van der Waals surface area (Å²) < 4.78 is 11.7. The van der Waals surface area contributed by atoms with Crippen molar-refractivity contribution in [3.8, 4) is 11.5 Å². The Bertz CT molecular complexity index is 820. The summed E-state index contributed by atoms with van der Waals surface area (Å²) >= 11 is 0. The normalized spacial score (nSPS) is 25.3. The highest BCUT2D eigenvalue weighted by Crippen LogP contribution is 2.49. The van der Waals surface area contributed by atoms with Gasteiger partial charge in [0.05, 0.1) is 7.11 Å². The summed E-state index contributed by atoms with van der Waals surface area (Å²) in [7, 11) is 3.81. The molecule has 4 nitrogen and oxygen atoms in total. The lowest BCUT2D eigenvalue weighted by Crippen LogP contribution is -2.46. The summed E-state index contributed by atoms with van der Waals surface area (Å²) in [5, 5.41) is 0. The topological polar surface area (TPSA) is 38.8 Å². The average Bonchev–Trinajstić information content (AvgIpc) is 3.04. The van der Waals surface area contributed by atoms with Crippen LogP contribution in [0.25, 0.3) is 0 Å². The second-order valence-corrected chi connectivity index (χ2v) is 7.79. The molecule has 0 N–H and O–H groups in total. The van der Waals surface area contributed by atoms with Crippen molar-refractivity contribution in [2.75, 3.05) is 20.7 Å². The molecule has 0 spiro atoms. The highest BCUT2D eigenvalue weighted by molar-refractivity contribution is 5.81. The molecule has 4 heteroatoms. The van der Waals surface area contributed by atoms with Gasteiger partial charge < -0.3 is 14.4 Å². The number of rotatable bonds is 5. The van der Waals surface area contributed by atoms with Crippen LogP contribution in [0.3, 0.4) is 0 Å². The maximum absolute atomic E-state index is 12.1. The van der Waals surface area contributed by atoms with Gasteiger partial charge in [-0.3, -0.25) is 4.79 Å². The van der Waals surface area contributed by atoms with Gasteiger partial charge in [0.25, 0.3) is 0 Å². The molecule has 1 aliphatic carbocycles. The molecule has 0 amide bonds. The van der Waals surface area contributed by atoms with Crippen molar-refractivity contribution in [2.45, 2.75) is 43.7 Å². The number of likely N-dealkylation sites (tertiary alicyclic amines) is 1. The molecular weight excluding hydrogens is 338 g/mol. The first-order valence-corrected chi connectivity index (χ1v) is 9.69. The monoisotopic (exact) mass is 365 g/mol. The average molecular weight is 365 g/mol. The second-order valence-electron chi connectivity index (χ2n) is 7.79. The van der Waals surface area contributed by atoms with Gasteiger partial charge in [-0.2, -0.15) is 0 Å². The third-order valence-corrected chi connectivity index (χ3v) is 6.33. The van der Waals surface area contributed by atoms with E-state index in [-0.39, 0.29) is 11.5 Å². The van der Waals surface area contributed by atoms with Gasteiger partial charge in [-0.1, -0.05) is 36.4 Å². The first kappa shape index (κ1) is 18.1. The highest BCUT2D eigenvalue weighted by Gasteiger charge is 2.50. The molecule has 27 heavy (non-hydrogen) atoms. The lowest BCUT2D eigenvalue weighted by Gasteiger charge is -2.41. The number of benzene rings is 2. The molecule has 0 bridgehead atoms. The zero-order valence-corrected chi connectivity index (χ0v) is 16.1. The number of nitrogens with zero attached hydrogens (tertiary/aromatic N) is 1. The molecular formula is C23H27NO3. The predicted molar refractivity (Wildman–Crippen MR) is 105 cm³/mol. The third-order valence-electron chi connectivity index (χ3n) is 6.33. The van der Waals surface area contributed by atoms with E-state index in [1.807, 2.05) is 24.3 Å². The molecule has 4 rings (SSSR count). The van der Waals surface area contributed by atoms with E-state index in [0.717, 1.165) is 36.4 Å². The number of ketones is 1. The summed E-state index contributed by atoms with van der Waals surface area (Å²) in [6.07, 6.45) is 3.34. The molecule has 1 aliphatic heterocycles. The van der Waals surface area contributed by atoms with Crippen molar-refractivity contribution in [3.63, 3.8) is 0 Å². The number of Topliss-reactive ketones (excluding diaryl/α,β-unsaturated/α-hetero) is 1. The van der Waals surface area contributed by atoms with Crippen LogP contribution in [-0.2, 0) is 16.8 Å². The Morgan fingerprint density at radius 2 is 1.93 bits per heavy atom. The maximum Gasteiger partial charge on any atom is 0.161 e. The number of ether oxygens (including phenoxy) is 2. The van der Waals surface area contributed by atoms with E-state index in [4.69, 9.17) is 9.47 Å². The summed E-state index contributed by atoms with van der Waals surface area (Å²) in [6, 6.07) is 16.8. The maximum atomic E-state index is 12.1. The fourth-order valence-electron chi connectivity index (χ4n) is 4.76. The van der Waals surface area contributed by atoms with Crippen LogP contribution < -0.4 is 9.47 Å². The van der Waals surface area contributed by atoms with Crippen LogP contribution in [0.15, 0.2) is 48.5 Å². The SMILES string of the molecule is COc1ccc([C@]23CCC(=O)C[C@H]2N(C)CC3)cc1OCc1ccccc1. The van der Waals surface area contributed by atoms with E-state index in [1.165, 1.54) is 5.56 Å². The Hall–Kier alpha value is -2.33. The van der Waals surface area contributed by atoms with Crippen LogP contribution in [0.1, 0.15) is 36.8 Å². The summed E-state index contributed by atoms with van der Waals surface area (Å²) in [5.74, 6) is 1.91. The van der Waals surface area contributed by atoms with Crippen molar-refractivity contribution in [3.05, 3.63) is 59.7 Å². The van der Waals surface area contributed by atoms with E-state index < -0.39 is 0 Å². The van der Waals surface area contributed by atoms with E-state index in [2.05, 4.69) is 36.2 Å². The fourth-order valence-corrected chi connectivity index (χ4v) is 4.76. The lowest BCUT2D eigenvalue weighted by molar-refractivity contribution is -0.122. The van der Waals surface area contributed by atoms with Crippen LogP contribution in [0.4, 0.5) is 0 Å². The van der Waals surface area contributed by atoms with Crippen LogP contribution in [-0.4, -0.2) is 37.4 Å². The number of hydrogen-bond donors (Lipinski definition) is 0. The van der Waals surface area contributed by atoms with Crippen molar-refractivity contribution < 1.29 is 14.3 Å². The molecule has 2 aromatic rings. The van der Waals surface area contributed by atoms with Gasteiger partial charge in [-0.25, -0.2) is 0 Å². The van der Waals surface area contributed by atoms with E-state index in [0.29, 0.717) is 25.2 Å². The minimum Gasteiger partial charge on any atom is -0.493 e. The predicted octanol–water partition coefficient (Wildman–Crippen LogP) is 3.97. The summed E-state index contributed by atoms with van der Waals surface area (Å²) in [6.45, 7) is 1.54. The zero-order valence-electron chi connectivity index (χ0n) is 16.1. The molecule has 1 heterocycles. The molecule has 1 saturated heterocycles. The molecule has 2 aromatic carbocycles. The van der Waals surface area contributed by atoms with Crippen LogP contribution in [0, 0.1) is 0 Å². The quantitative estimate of drug-likeness (QED) is 0.804. The standard InChI is InChI=1S/C23H27NO3/c1-24-13-12-23(11-10-19(25)15-22(23)24)18-8-9-20(26-2)21(14-18)27-16-17-6-4-3-5-7-17/h3-9,14,22H,10-13,15-16H2,1-2H3/t22-,23-/m1/s1. The van der Waals surface area contributed by atoms with E-state index in [1.54, 1.807) is 7.11 Å². The Kier molecular flexibility index (Phi) is 4.92. The summed E-state index contributed by atoms with van der Waals surface area (Å²) in [5.41, 5.74) is 2.44. The lowest BCUT2D eigenvalue weighted by atomic mass is 9.66.